The number of hydrogen-bond donors (Lipinski definition) is 2. The summed E-state index contributed by atoms with van der Waals surface area (Å²) in [5, 5.41) is 7.58. The second-order valence-electron chi connectivity index (χ2n) is 3.98. The maximum atomic E-state index is 5.84. The summed E-state index contributed by atoms with van der Waals surface area (Å²) in [5.41, 5.74) is 6.54. The van der Waals surface area contributed by atoms with E-state index < -0.39 is 0 Å². The van der Waals surface area contributed by atoms with Gasteiger partial charge in [-0.1, -0.05) is 0 Å². The van der Waals surface area contributed by atoms with Crippen LogP contribution in [0, 0.1) is 0 Å². The third-order valence-electron chi connectivity index (χ3n) is 2.25. The second-order valence-corrected chi connectivity index (χ2v) is 3.98. The molecule has 0 amide bonds. The summed E-state index contributed by atoms with van der Waals surface area (Å²) in [6, 6.07) is 0.335. The molecule has 0 atom stereocenters. The van der Waals surface area contributed by atoms with Crippen LogP contribution in [-0.4, -0.2) is 29.5 Å². The SMILES string of the molecule is CCOCCCNc1nn(C(C)C)cc1N.Cl. The standard InChI is InChI=1S/C11H22N4O.ClH/c1-4-16-7-5-6-13-11-10(12)8-15(14-11)9(2)3;/h8-9H,4-7,12H2,1-3H3,(H,13,14);1H. The lowest BCUT2D eigenvalue weighted by molar-refractivity contribution is 0.147. The third kappa shape index (κ3) is 5.28. The largest absolute Gasteiger partial charge is 0.394 e. The van der Waals surface area contributed by atoms with Gasteiger partial charge >= 0.3 is 0 Å². The Hall–Kier alpha value is -0.940. The summed E-state index contributed by atoms with van der Waals surface area (Å²) in [5.74, 6) is 0.769. The molecule has 0 fully saturated rings. The zero-order valence-electron chi connectivity index (χ0n) is 10.8. The van der Waals surface area contributed by atoms with Crippen LogP contribution in [0.25, 0.3) is 0 Å². The lowest BCUT2D eigenvalue weighted by Gasteiger charge is -2.05. The van der Waals surface area contributed by atoms with E-state index in [2.05, 4.69) is 24.3 Å². The summed E-state index contributed by atoms with van der Waals surface area (Å²) in [6.45, 7) is 8.52. The van der Waals surface area contributed by atoms with Crippen molar-refractivity contribution in [1.82, 2.24) is 9.78 Å². The van der Waals surface area contributed by atoms with Crippen molar-refractivity contribution in [3.05, 3.63) is 6.20 Å². The van der Waals surface area contributed by atoms with Gasteiger partial charge in [-0.2, -0.15) is 5.10 Å². The van der Waals surface area contributed by atoms with Crippen LogP contribution in [0.4, 0.5) is 11.5 Å². The molecule has 6 heteroatoms. The average molecular weight is 263 g/mol. The molecule has 1 aromatic heterocycles. The first-order valence-corrected chi connectivity index (χ1v) is 5.81. The van der Waals surface area contributed by atoms with Gasteiger partial charge in [0.25, 0.3) is 0 Å². The lowest BCUT2D eigenvalue weighted by Crippen LogP contribution is -2.08. The van der Waals surface area contributed by atoms with Gasteiger partial charge in [-0.25, -0.2) is 0 Å². The summed E-state index contributed by atoms with van der Waals surface area (Å²) in [6.07, 6.45) is 2.82. The van der Waals surface area contributed by atoms with Gasteiger partial charge in [0.2, 0.25) is 0 Å². The molecule has 1 heterocycles. The van der Waals surface area contributed by atoms with Crippen LogP contribution in [-0.2, 0) is 4.74 Å². The molecule has 0 aliphatic carbocycles. The van der Waals surface area contributed by atoms with Crippen molar-refractivity contribution in [2.75, 3.05) is 30.8 Å². The zero-order chi connectivity index (χ0) is 12.0. The molecule has 0 aliphatic rings. The van der Waals surface area contributed by atoms with Crippen molar-refractivity contribution in [3.63, 3.8) is 0 Å². The highest BCUT2D eigenvalue weighted by Crippen LogP contribution is 2.17. The number of nitrogen functional groups attached to an aromatic ring is 1. The quantitative estimate of drug-likeness (QED) is 0.740. The molecule has 0 saturated carbocycles. The molecule has 0 aromatic carbocycles. The highest BCUT2D eigenvalue weighted by molar-refractivity contribution is 5.85. The van der Waals surface area contributed by atoms with Gasteiger partial charge in [-0.3, -0.25) is 4.68 Å². The molecular formula is C11H23ClN4O. The maximum Gasteiger partial charge on any atom is 0.171 e. The van der Waals surface area contributed by atoms with E-state index in [1.165, 1.54) is 0 Å². The molecule has 1 aromatic rings. The topological polar surface area (TPSA) is 65.1 Å². The van der Waals surface area contributed by atoms with Crippen LogP contribution in [0.3, 0.4) is 0 Å². The third-order valence-corrected chi connectivity index (χ3v) is 2.25. The van der Waals surface area contributed by atoms with E-state index in [0.29, 0.717) is 11.7 Å². The summed E-state index contributed by atoms with van der Waals surface area (Å²) >= 11 is 0. The fourth-order valence-electron chi connectivity index (χ4n) is 1.33. The Morgan fingerprint density at radius 1 is 1.53 bits per heavy atom. The van der Waals surface area contributed by atoms with Crippen molar-refractivity contribution < 1.29 is 4.74 Å². The molecule has 3 N–H and O–H groups in total. The molecule has 0 spiro atoms. The van der Waals surface area contributed by atoms with E-state index in [9.17, 15) is 0 Å². The minimum absolute atomic E-state index is 0. The Labute approximate surface area is 109 Å². The van der Waals surface area contributed by atoms with E-state index in [-0.39, 0.29) is 12.4 Å². The van der Waals surface area contributed by atoms with E-state index in [4.69, 9.17) is 10.5 Å². The minimum atomic E-state index is 0. The second kappa shape index (κ2) is 8.20. The van der Waals surface area contributed by atoms with Gasteiger partial charge in [0, 0.05) is 25.8 Å². The first kappa shape index (κ1) is 16.1. The smallest absolute Gasteiger partial charge is 0.171 e. The number of ether oxygens (including phenoxy) is 1. The van der Waals surface area contributed by atoms with Crippen molar-refractivity contribution in [2.45, 2.75) is 33.2 Å². The van der Waals surface area contributed by atoms with Gasteiger partial charge in [-0.15, -0.1) is 12.4 Å². The van der Waals surface area contributed by atoms with E-state index in [0.717, 1.165) is 32.0 Å². The summed E-state index contributed by atoms with van der Waals surface area (Å²) < 4.78 is 7.11. The van der Waals surface area contributed by atoms with E-state index in [1.807, 2.05) is 17.8 Å². The first-order chi connectivity index (χ1) is 7.65. The van der Waals surface area contributed by atoms with Gasteiger partial charge in [-0.05, 0) is 27.2 Å². The number of rotatable bonds is 7. The van der Waals surface area contributed by atoms with Crippen LogP contribution in [0.2, 0.25) is 0 Å². The predicted octanol–water partition coefficient (Wildman–Crippen LogP) is 2.31. The molecule has 0 radical (unpaired) electrons. The van der Waals surface area contributed by atoms with Crippen LogP contribution in [0.15, 0.2) is 6.20 Å². The fourth-order valence-corrected chi connectivity index (χ4v) is 1.33. The van der Waals surface area contributed by atoms with Crippen LogP contribution < -0.4 is 11.1 Å². The van der Waals surface area contributed by atoms with Gasteiger partial charge in [0.1, 0.15) is 0 Å². The average Bonchev–Trinajstić information content (AvgIpc) is 2.60. The molecule has 17 heavy (non-hydrogen) atoms. The predicted molar refractivity (Wildman–Crippen MR) is 73.9 cm³/mol. The highest BCUT2D eigenvalue weighted by Gasteiger charge is 2.06. The number of hydrogen-bond acceptors (Lipinski definition) is 4. The van der Waals surface area contributed by atoms with Gasteiger partial charge in [0.15, 0.2) is 5.82 Å². The fraction of sp³-hybridized carbons (Fsp3) is 0.727. The normalized spacial score (nSPS) is 10.4. The first-order valence-electron chi connectivity index (χ1n) is 5.81. The summed E-state index contributed by atoms with van der Waals surface area (Å²) in [7, 11) is 0. The molecule has 0 saturated heterocycles. The highest BCUT2D eigenvalue weighted by atomic mass is 35.5. The number of nitrogens with zero attached hydrogens (tertiary/aromatic N) is 2. The van der Waals surface area contributed by atoms with Crippen LogP contribution in [0.5, 0.6) is 0 Å². The molecule has 1 rings (SSSR count). The Morgan fingerprint density at radius 2 is 2.24 bits per heavy atom. The van der Waals surface area contributed by atoms with Crippen LogP contribution >= 0.6 is 12.4 Å². The summed E-state index contributed by atoms with van der Waals surface area (Å²) in [4.78, 5) is 0. The maximum absolute atomic E-state index is 5.84. The molecule has 0 bridgehead atoms. The number of aromatic nitrogens is 2. The van der Waals surface area contributed by atoms with Crippen molar-refractivity contribution in [2.24, 2.45) is 0 Å². The van der Waals surface area contributed by atoms with Crippen molar-refractivity contribution in [3.8, 4) is 0 Å². The van der Waals surface area contributed by atoms with E-state index in [1.54, 1.807) is 0 Å². The molecular weight excluding hydrogens is 240 g/mol. The van der Waals surface area contributed by atoms with Gasteiger partial charge < -0.3 is 15.8 Å². The molecule has 0 aliphatic heterocycles. The number of anilines is 2. The van der Waals surface area contributed by atoms with E-state index >= 15 is 0 Å². The Morgan fingerprint density at radius 3 is 2.76 bits per heavy atom. The lowest BCUT2D eigenvalue weighted by atomic mass is 10.4. The minimum Gasteiger partial charge on any atom is -0.394 e. The number of nitrogens with one attached hydrogen (secondary N) is 1. The van der Waals surface area contributed by atoms with Gasteiger partial charge in [0.05, 0.1) is 11.9 Å². The van der Waals surface area contributed by atoms with Crippen molar-refractivity contribution in [1.29, 1.82) is 0 Å². The molecule has 100 valence electrons. The Balaban J connectivity index is 0.00000256. The van der Waals surface area contributed by atoms with Crippen LogP contribution in [0.1, 0.15) is 33.2 Å². The van der Waals surface area contributed by atoms with Crippen molar-refractivity contribution >= 4 is 23.9 Å². The Kier molecular flexibility index (Phi) is 7.74. The molecule has 5 nitrogen and oxygen atoms in total. The zero-order valence-corrected chi connectivity index (χ0v) is 11.6. The number of halogens is 1. The Bertz CT molecular complexity index is 314. The monoisotopic (exact) mass is 262 g/mol. The molecule has 0 unspecified atom stereocenters. The number of nitrogens with two attached hydrogens (primary N) is 1.